The topological polar surface area (TPSA) is 63.4 Å². The minimum atomic E-state index is -5.28. The number of rotatable bonds is 4. The van der Waals surface area contributed by atoms with Crippen molar-refractivity contribution in [2.45, 2.75) is 10.4 Å². The van der Waals surface area contributed by atoms with E-state index in [1.54, 1.807) is 11.9 Å². The molecule has 0 aliphatic carbocycles. The third-order valence-electron chi connectivity index (χ3n) is 2.36. The predicted molar refractivity (Wildman–Crippen MR) is 62.0 cm³/mol. The highest BCUT2D eigenvalue weighted by molar-refractivity contribution is 7.92. The number of anilines is 1. The van der Waals surface area contributed by atoms with E-state index in [2.05, 4.69) is 0 Å². The Balaban J connectivity index is 3.04. The van der Waals surface area contributed by atoms with Crippen molar-refractivity contribution in [3.05, 3.63) is 24.3 Å². The van der Waals surface area contributed by atoms with Gasteiger partial charge in [0.05, 0.1) is 4.90 Å². The SMILES string of the molecule is CN(CCN)c1ccc(S(=O)(=O)C(F)(F)F)cc1. The van der Waals surface area contributed by atoms with Crippen molar-refractivity contribution in [2.75, 3.05) is 25.0 Å². The first kappa shape index (κ1) is 14.8. The molecular weight excluding hydrogens is 269 g/mol. The van der Waals surface area contributed by atoms with Gasteiger partial charge in [-0.05, 0) is 24.3 Å². The first-order valence-corrected chi connectivity index (χ1v) is 6.51. The molecule has 4 nitrogen and oxygen atoms in total. The van der Waals surface area contributed by atoms with E-state index in [0.717, 1.165) is 12.1 Å². The Bertz CT molecular complexity index is 497. The first-order chi connectivity index (χ1) is 8.20. The lowest BCUT2D eigenvalue weighted by Crippen LogP contribution is -2.25. The van der Waals surface area contributed by atoms with Gasteiger partial charge >= 0.3 is 5.51 Å². The van der Waals surface area contributed by atoms with Gasteiger partial charge in [-0.15, -0.1) is 0 Å². The van der Waals surface area contributed by atoms with Gasteiger partial charge in [0, 0.05) is 25.8 Å². The van der Waals surface area contributed by atoms with Crippen molar-refractivity contribution in [3.63, 3.8) is 0 Å². The number of nitrogens with two attached hydrogens (primary N) is 1. The normalized spacial score (nSPS) is 12.5. The minimum Gasteiger partial charge on any atom is -0.373 e. The molecule has 102 valence electrons. The van der Waals surface area contributed by atoms with Crippen LogP contribution >= 0.6 is 0 Å². The second kappa shape index (κ2) is 5.15. The molecule has 0 atom stereocenters. The summed E-state index contributed by atoms with van der Waals surface area (Å²) in [7, 11) is -3.57. The van der Waals surface area contributed by atoms with Crippen LogP contribution in [-0.4, -0.2) is 34.1 Å². The minimum absolute atomic E-state index is 0.388. The summed E-state index contributed by atoms with van der Waals surface area (Å²) in [4.78, 5) is 0.948. The molecule has 1 aromatic carbocycles. The molecule has 0 spiro atoms. The van der Waals surface area contributed by atoms with Crippen LogP contribution in [0, 0.1) is 0 Å². The third-order valence-corrected chi connectivity index (χ3v) is 3.86. The van der Waals surface area contributed by atoms with Crippen LogP contribution in [0.25, 0.3) is 0 Å². The van der Waals surface area contributed by atoms with Crippen molar-refractivity contribution >= 4 is 15.5 Å². The molecule has 0 unspecified atom stereocenters. The Hall–Kier alpha value is -1.28. The van der Waals surface area contributed by atoms with Crippen LogP contribution in [0.1, 0.15) is 0 Å². The van der Waals surface area contributed by atoms with E-state index in [9.17, 15) is 21.6 Å². The zero-order chi connectivity index (χ0) is 14.0. The van der Waals surface area contributed by atoms with Gasteiger partial charge in [0.15, 0.2) is 0 Å². The van der Waals surface area contributed by atoms with Crippen molar-refractivity contribution in [1.29, 1.82) is 0 Å². The number of benzene rings is 1. The van der Waals surface area contributed by atoms with E-state index in [0.29, 0.717) is 18.8 Å². The van der Waals surface area contributed by atoms with E-state index >= 15 is 0 Å². The summed E-state index contributed by atoms with van der Waals surface area (Å²) >= 11 is 0. The Kier molecular flexibility index (Phi) is 4.23. The molecule has 2 N–H and O–H groups in total. The summed E-state index contributed by atoms with van der Waals surface area (Å²) in [6.07, 6.45) is 0. The Morgan fingerprint density at radius 2 is 1.72 bits per heavy atom. The second-order valence-electron chi connectivity index (χ2n) is 3.65. The Morgan fingerprint density at radius 1 is 1.22 bits per heavy atom. The number of hydrogen-bond acceptors (Lipinski definition) is 4. The molecule has 0 aromatic heterocycles. The average molecular weight is 282 g/mol. The average Bonchev–Trinajstić information content (AvgIpc) is 2.28. The molecule has 18 heavy (non-hydrogen) atoms. The number of sulfone groups is 1. The standard InChI is InChI=1S/C10H13F3N2O2S/c1-15(7-6-14)8-2-4-9(5-3-8)18(16,17)10(11,12)13/h2-5H,6-7,14H2,1H3. The maximum atomic E-state index is 12.3. The van der Waals surface area contributed by atoms with E-state index in [1.807, 2.05) is 0 Å². The fourth-order valence-electron chi connectivity index (χ4n) is 1.34. The summed E-state index contributed by atoms with van der Waals surface area (Å²) in [6.45, 7) is 0.907. The molecule has 1 aromatic rings. The zero-order valence-corrected chi connectivity index (χ0v) is 10.4. The molecule has 0 heterocycles. The molecule has 0 radical (unpaired) electrons. The van der Waals surface area contributed by atoms with Crippen molar-refractivity contribution in [3.8, 4) is 0 Å². The van der Waals surface area contributed by atoms with Crippen molar-refractivity contribution in [1.82, 2.24) is 0 Å². The van der Waals surface area contributed by atoms with Gasteiger partial charge in [-0.3, -0.25) is 0 Å². The highest BCUT2D eigenvalue weighted by Gasteiger charge is 2.46. The highest BCUT2D eigenvalue weighted by Crippen LogP contribution is 2.30. The highest BCUT2D eigenvalue weighted by atomic mass is 32.2. The van der Waals surface area contributed by atoms with Gasteiger partial charge in [0.2, 0.25) is 0 Å². The number of halogens is 3. The number of hydrogen-bond donors (Lipinski definition) is 1. The van der Waals surface area contributed by atoms with Crippen LogP contribution in [0.5, 0.6) is 0 Å². The van der Waals surface area contributed by atoms with Crippen LogP contribution in [0.2, 0.25) is 0 Å². The molecule has 1 rings (SSSR count). The van der Waals surface area contributed by atoms with Crippen LogP contribution in [0.15, 0.2) is 29.2 Å². The smallest absolute Gasteiger partial charge is 0.373 e. The van der Waals surface area contributed by atoms with Gasteiger partial charge in [0.1, 0.15) is 0 Å². The van der Waals surface area contributed by atoms with Crippen LogP contribution in [0.3, 0.4) is 0 Å². The van der Waals surface area contributed by atoms with Crippen LogP contribution in [0.4, 0.5) is 18.9 Å². The van der Waals surface area contributed by atoms with Crippen LogP contribution < -0.4 is 10.6 Å². The third kappa shape index (κ3) is 2.94. The molecule has 0 fully saturated rings. The quantitative estimate of drug-likeness (QED) is 0.906. The van der Waals surface area contributed by atoms with E-state index in [1.165, 1.54) is 12.1 Å². The molecule has 0 saturated heterocycles. The van der Waals surface area contributed by atoms with E-state index < -0.39 is 20.2 Å². The van der Waals surface area contributed by atoms with Crippen molar-refractivity contribution in [2.24, 2.45) is 5.73 Å². The lowest BCUT2D eigenvalue weighted by molar-refractivity contribution is -0.0436. The Morgan fingerprint density at radius 3 is 2.11 bits per heavy atom. The molecule has 0 aliphatic rings. The monoisotopic (exact) mass is 282 g/mol. The van der Waals surface area contributed by atoms with Crippen molar-refractivity contribution < 1.29 is 21.6 Å². The summed E-state index contributed by atoms with van der Waals surface area (Å²) in [5, 5.41) is 0. The fourth-order valence-corrected chi connectivity index (χ4v) is 2.10. The maximum absolute atomic E-state index is 12.3. The zero-order valence-electron chi connectivity index (χ0n) is 9.61. The van der Waals surface area contributed by atoms with Gasteiger partial charge in [0.25, 0.3) is 9.84 Å². The summed E-state index contributed by atoms with van der Waals surface area (Å²) in [5.74, 6) is 0. The first-order valence-electron chi connectivity index (χ1n) is 5.03. The summed E-state index contributed by atoms with van der Waals surface area (Å²) in [5.41, 5.74) is 0.655. The van der Waals surface area contributed by atoms with Gasteiger partial charge < -0.3 is 10.6 Å². The maximum Gasteiger partial charge on any atom is 0.501 e. The molecule has 0 amide bonds. The summed E-state index contributed by atoms with van der Waals surface area (Å²) in [6, 6.07) is 4.50. The molecular formula is C10H13F3N2O2S. The van der Waals surface area contributed by atoms with E-state index in [-0.39, 0.29) is 0 Å². The summed E-state index contributed by atoms with van der Waals surface area (Å²) < 4.78 is 59.1. The lowest BCUT2D eigenvalue weighted by Gasteiger charge is -2.18. The lowest BCUT2D eigenvalue weighted by atomic mass is 10.3. The van der Waals surface area contributed by atoms with E-state index in [4.69, 9.17) is 5.73 Å². The predicted octanol–water partition coefficient (Wildman–Crippen LogP) is 1.38. The molecule has 8 heteroatoms. The molecule has 0 saturated carbocycles. The number of likely N-dealkylation sites (N-methyl/N-ethyl adjacent to an activating group) is 1. The van der Waals surface area contributed by atoms with Crippen LogP contribution in [-0.2, 0) is 9.84 Å². The second-order valence-corrected chi connectivity index (χ2v) is 5.59. The number of nitrogens with zero attached hydrogens (tertiary/aromatic N) is 1. The van der Waals surface area contributed by atoms with Gasteiger partial charge in [-0.25, -0.2) is 8.42 Å². The fraction of sp³-hybridized carbons (Fsp3) is 0.400. The molecule has 0 bridgehead atoms. The molecule has 0 aliphatic heterocycles. The number of alkyl halides is 3. The largest absolute Gasteiger partial charge is 0.501 e. The van der Waals surface area contributed by atoms with Gasteiger partial charge in [-0.1, -0.05) is 0 Å². The Labute approximate surface area is 103 Å². The van der Waals surface area contributed by atoms with Gasteiger partial charge in [-0.2, -0.15) is 13.2 Å².